The second-order valence-corrected chi connectivity index (χ2v) is 9.60. The van der Waals surface area contributed by atoms with Gasteiger partial charge in [0, 0.05) is 12.4 Å². The second kappa shape index (κ2) is 8.11. The molecule has 1 heteroatoms. The van der Waals surface area contributed by atoms with Gasteiger partial charge in [0.05, 0.1) is 0 Å². The van der Waals surface area contributed by atoms with Gasteiger partial charge in [0.15, 0.2) is 0 Å². The molecular weight excluding hydrogens is 374 g/mol. The smallest absolute Gasteiger partial charge is 0.0273 e. The summed E-state index contributed by atoms with van der Waals surface area (Å²) < 4.78 is 0. The largest absolute Gasteiger partial charge is 0.265 e. The molecule has 6 rings (SSSR count). The van der Waals surface area contributed by atoms with Crippen LogP contribution in [0.4, 0.5) is 0 Å². The van der Waals surface area contributed by atoms with Crippen LogP contribution in [-0.4, -0.2) is 4.98 Å². The Kier molecular flexibility index (Phi) is 4.98. The molecular formula is C30H31N. The first-order valence-corrected chi connectivity index (χ1v) is 12.3. The van der Waals surface area contributed by atoms with Crippen LogP contribution in [0.1, 0.15) is 80.4 Å². The third-order valence-corrected chi connectivity index (χ3v) is 7.85. The lowest BCUT2D eigenvalue weighted by molar-refractivity contribution is 0.597. The van der Waals surface area contributed by atoms with Crippen molar-refractivity contribution in [3.05, 3.63) is 83.2 Å². The van der Waals surface area contributed by atoms with Crippen molar-refractivity contribution < 1.29 is 0 Å². The van der Waals surface area contributed by atoms with Crippen molar-refractivity contribution in [3.8, 4) is 11.1 Å². The Labute approximate surface area is 185 Å². The van der Waals surface area contributed by atoms with Crippen molar-refractivity contribution >= 4 is 16.3 Å². The van der Waals surface area contributed by atoms with Crippen LogP contribution in [0, 0.1) is 0 Å². The molecule has 0 N–H and O–H groups in total. The molecule has 0 amide bonds. The average Bonchev–Trinajstić information content (AvgIpc) is 3.13. The number of nitrogens with zero attached hydrogens (tertiary/aromatic N) is 1. The minimum atomic E-state index is 0.667. The van der Waals surface area contributed by atoms with Crippen LogP contribution in [0.3, 0.4) is 0 Å². The summed E-state index contributed by atoms with van der Waals surface area (Å²) >= 11 is 0. The minimum absolute atomic E-state index is 0.667. The number of benzene rings is 2. The van der Waals surface area contributed by atoms with E-state index in [4.69, 9.17) is 0 Å². The maximum absolute atomic E-state index is 4.27. The predicted molar refractivity (Wildman–Crippen MR) is 131 cm³/mol. The molecule has 1 saturated carbocycles. The summed E-state index contributed by atoms with van der Waals surface area (Å²) in [6.07, 6.45) is 21.7. The van der Waals surface area contributed by atoms with Gasteiger partial charge < -0.3 is 0 Å². The molecule has 1 nitrogen and oxygen atoms in total. The highest BCUT2D eigenvalue weighted by Gasteiger charge is 2.25. The lowest BCUT2D eigenvalue weighted by Crippen LogP contribution is -2.08. The van der Waals surface area contributed by atoms with Crippen LogP contribution in [0.2, 0.25) is 0 Å². The number of aryl methyl sites for hydroxylation is 1. The Morgan fingerprint density at radius 2 is 1.48 bits per heavy atom. The van der Waals surface area contributed by atoms with Crippen LogP contribution in [0.25, 0.3) is 27.5 Å². The van der Waals surface area contributed by atoms with Gasteiger partial charge in [0.1, 0.15) is 0 Å². The van der Waals surface area contributed by atoms with E-state index in [-0.39, 0.29) is 0 Å². The molecule has 3 aliphatic rings. The molecule has 0 unspecified atom stereocenters. The van der Waals surface area contributed by atoms with Crippen molar-refractivity contribution in [2.75, 3.05) is 0 Å². The van der Waals surface area contributed by atoms with Crippen molar-refractivity contribution in [3.63, 3.8) is 0 Å². The molecule has 1 heterocycles. The summed E-state index contributed by atoms with van der Waals surface area (Å²) in [4.78, 5) is 4.27. The summed E-state index contributed by atoms with van der Waals surface area (Å²) in [6, 6.07) is 14.1. The Hall–Kier alpha value is -2.67. The van der Waals surface area contributed by atoms with Gasteiger partial charge in [-0.3, -0.25) is 4.98 Å². The molecule has 0 aliphatic heterocycles. The number of hydrogen-bond acceptors (Lipinski definition) is 1. The lowest BCUT2D eigenvalue weighted by Gasteiger charge is -2.28. The molecule has 1 fully saturated rings. The van der Waals surface area contributed by atoms with E-state index in [9.17, 15) is 0 Å². The van der Waals surface area contributed by atoms with Gasteiger partial charge in [-0.2, -0.15) is 0 Å². The van der Waals surface area contributed by atoms with Crippen molar-refractivity contribution in [2.45, 2.75) is 70.1 Å². The number of allylic oxidation sites excluding steroid dienone is 4. The van der Waals surface area contributed by atoms with E-state index in [0.29, 0.717) is 5.92 Å². The van der Waals surface area contributed by atoms with Crippen molar-refractivity contribution in [2.24, 2.45) is 0 Å². The van der Waals surface area contributed by atoms with Gasteiger partial charge in [0.2, 0.25) is 0 Å². The maximum atomic E-state index is 4.27. The molecule has 156 valence electrons. The van der Waals surface area contributed by atoms with Crippen LogP contribution < -0.4 is 0 Å². The first-order chi connectivity index (χ1) is 15.4. The Morgan fingerprint density at radius 1 is 0.710 bits per heavy atom. The van der Waals surface area contributed by atoms with Crippen molar-refractivity contribution in [1.82, 2.24) is 4.98 Å². The monoisotopic (exact) mass is 405 g/mol. The summed E-state index contributed by atoms with van der Waals surface area (Å²) in [5, 5.41) is 3.00. The van der Waals surface area contributed by atoms with Gasteiger partial charge in [-0.15, -0.1) is 0 Å². The number of fused-ring (bicyclic) bond motifs is 4. The quantitative estimate of drug-likeness (QED) is 0.390. The Morgan fingerprint density at radius 3 is 2.32 bits per heavy atom. The SMILES string of the molecule is C1=CC2=C(CC1)CCc1c2ccc2c(C3CCCCCC3)c(-c3ccncc3)ccc12. The highest BCUT2D eigenvalue weighted by molar-refractivity contribution is 5.98. The van der Waals surface area contributed by atoms with E-state index >= 15 is 0 Å². The number of rotatable bonds is 2. The Bertz CT molecular complexity index is 1170. The lowest BCUT2D eigenvalue weighted by atomic mass is 9.77. The average molecular weight is 406 g/mol. The molecule has 0 spiro atoms. The fraction of sp³-hybridized carbons (Fsp3) is 0.367. The molecule has 2 aromatic carbocycles. The molecule has 1 aromatic heterocycles. The number of pyridine rings is 1. The second-order valence-electron chi connectivity index (χ2n) is 9.60. The summed E-state index contributed by atoms with van der Waals surface area (Å²) in [6.45, 7) is 0. The molecule has 0 radical (unpaired) electrons. The minimum Gasteiger partial charge on any atom is -0.265 e. The first-order valence-electron chi connectivity index (χ1n) is 12.3. The van der Waals surface area contributed by atoms with Gasteiger partial charge in [-0.25, -0.2) is 0 Å². The normalized spacial score (nSPS) is 19.2. The molecule has 0 bridgehead atoms. The van der Waals surface area contributed by atoms with Crippen LogP contribution in [0.15, 0.2) is 66.5 Å². The van der Waals surface area contributed by atoms with Crippen molar-refractivity contribution in [1.29, 1.82) is 0 Å². The van der Waals surface area contributed by atoms with E-state index in [2.05, 4.69) is 53.5 Å². The highest BCUT2D eigenvalue weighted by Crippen LogP contribution is 2.45. The fourth-order valence-corrected chi connectivity index (χ4v) is 6.33. The summed E-state index contributed by atoms with van der Waals surface area (Å²) in [5.41, 5.74) is 10.6. The van der Waals surface area contributed by atoms with Gasteiger partial charge >= 0.3 is 0 Å². The topological polar surface area (TPSA) is 12.9 Å². The number of aromatic nitrogens is 1. The highest BCUT2D eigenvalue weighted by atomic mass is 14.6. The van der Waals surface area contributed by atoms with E-state index in [1.54, 1.807) is 16.7 Å². The number of hydrogen-bond donors (Lipinski definition) is 0. The molecule has 31 heavy (non-hydrogen) atoms. The third kappa shape index (κ3) is 3.35. The van der Waals surface area contributed by atoms with Crippen LogP contribution in [0.5, 0.6) is 0 Å². The Balaban J connectivity index is 1.58. The third-order valence-electron chi connectivity index (χ3n) is 7.85. The van der Waals surface area contributed by atoms with Crippen LogP contribution >= 0.6 is 0 Å². The summed E-state index contributed by atoms with van der Waals surface area (Å²) in [7, 11) is 0. The van der Waals surface area contributed by atoms with E-state index in [1.165, 1.54) is 97.2 Å². The zero-order valence-electron chi connectivity index (χ0n) is 18.4. The molecule has 3 aromatic rings. The maximum Gasteiger partial charge on any atom is 0.0273 e. The molecule has 0 atom stereocenters. The molecule has 3 aliphatic carbocycles. The first kappa shape index (κ1) is 19.0. The van der Waals surface area contributed by atoms with Gasteiger partial charge in [0.25, 0.3) is 0 Å². The predicted octanol–water partition coefficient (Wildman–Crippen LogP) is 8.39. The van der Waals surface area contributed by atoms with E-state index in [0.717, 1.165) is 0 Å². The van der Waals surface area contributed by atoms with Crippen LogP contribution in [-0.2, 0) is 6.42 Å². The van der Waals surface area contributed by atoms with Gasteiger partial charge in [-0.05, 0) is 101 Å². The van der Waals surface area contributed by atoms with E-state index in [1.807, 2.05) is 12.4 Å². The standard InChI is InChI=1S/C30H31N/c1-2-4-9-23(8-3-1)30-25(22-17-19-31-20-18-22)13-14-28-27-12-11-21-7-5-6-10-24(21)26(27)15-16-29(28)30/h6,10,13-20,23H,1-5,7-9,11-12H2. The zero-order valence-corrected chi connectivity index (χ0v) is 18.4. The molecule has 0 saturated heterocycles. The summed E-state index contributed by atoms with van der Waals surface area (Å²) in [5.74, 6) is 0.667. The van der Waals surface area contributed by atoms with Gasteiger partial charge in [-0.1, -0.05) is 67.7 Å². The zero-order chi connectivity index (χ0) is 20.6. The van der Waals surface area contributed by atoms with E-state index < -0.39 is 0 Å². The fourth-order valence-electron chi connectivity index (χ4n) is 6.33.